The van der Waals surface area contributed by atoms with Crippen molar-refractivity contribution in [2.24, 2.45) is 5.11 Å². The Morgan fingerprint density at radius 3 is 2.88 bits per heavy atom. The number of benzene rings is 1. The van der Waals surface area contributed by atoms with Gasteiger partial charge in [0.25, 0.3) is 6.43 Å². The van der Waals surface area contributed by atoms with Crippen LogP contribution in [0.1, 0.15) is 5.56 Å². The molecule has 0 saturated heterocycles. The SMILES string of the molecule is [N-]=[N+]=NCc1cccc(OCC(F)F)c1Cl. The van der Waals surface area contributed by atoms with Crippen LogP contribution >= 0.6 is 11.6 Å². The van der Waals surface area contributed by atoms with Crippen molar-refractivity contribution in [3.05, 3.63) is 39.2 Å². The van der Waals surface area contributed by atoms with Crippen LogP contribution in [0.3, 0.4) is 0 Å². The fourth-order valence-electron chi connectivity index (χ4n) is 1.05. The van der Waals surface area contributed by atoms with Crippen molar-refractivity contribution < 1.29 is 13.5 Å². The van der Waals surface area contributed by atoms with Gasteiger partial charge in [-0.25, -0.2) is 8.78 Å². The molecule has 0 unspecified atom stereocenters. The second-order valence-corrected chi connectivity index (χ2v) is 3.20. The second kappa shape index (κ2) is 6.15. The van der Waals surface area contributed by atoms with E-state index in [2.05, 4.69) is 10.0 Å². The molecule has 1 rings (SSSR count). The number of hydrogen-bond acceptors (Lipinski definition) is 2. The van der Waals surface area contributed by atoms with Gasteiger partial charge < -0.3 is 4.74 Å². The number of nitrogens with zero attached hydrogens (tertiary/aromatic N) is 3. The summed E-state index contributed by atoms with van der Waals surface area (Å²) in [5.74, 6) is 0.160. The molecule has 0 N–H and O–H groups in total. The summed E-state index contributed by atoms with van der Waals surface area (Å²) in [5, 5.41) is 3.52. The average molecular weight is 248 g/mol. The molecule has 0 aliphatic rings. The van der Waals surface area contributed by atoms with Crippen molar-refractivity contribution >= 4 is 11.6 Å². The molecule has 0 radical (unpaired) electrons. The lowest BCUT2D eigenvalue weighted by atomic mass is 10.2. The number of azide groups is 1. The minimum Gasteiger partial charge on any atom is -0.486 e. The summed E-state index contributed by atoms with van der Waals surface area (Å²) in [6.45, 7) is -0.661. The van der Waals surface area contributed by atoms with Crippen LogP contribution in [0, 0.1) is 0 Å². The van der Waals surface area contributed by atoms with Gasteiger partial charge in [-0.05, 0) is 17.2 Å². The molecule has 0 aliphatic carbocycles. The van der Waals surface area contributed by atoms with Crippen LogP contribution in [0.2, 0.25) is 5.02 Å². The Morgan fingerprint density at radius 1 is 1.50 bits per heavy atom. The van der Waals surface area contributed by atoms with Gasteiger partial charge in [0, 0.05) is 4.91 Å². The quantitative estimate of drug-likeness (QED) is 0.444. The fraction of sp³-hybridized carbons (Fsp3) is 0.333. The summed E-state index contributed by atoms with van der Waals surface area (Å²) in [6, 6.07) is 4.70. The lowest BCUT2D eigenvalue weighted by molar-refractivity contribution is 0.0819. The van der Waals surface area contributed by atoms with Gasteiger partial charge >= 0.3 is 0 Å². The Balaban J connectivity index is 2.81. The van der Waals surface area contributed by atoms with Gasteiger partial charge in [0.2, 0.25) is 0 Å². The third-order valence-corrected chi connectivity index (χ3v) is 2.14. The maximum Gasteiger partial charge on any atom is 0.272 e. The van der Waals surface area contributed by atoms with E-state index in [1.165, 1.54) is 6.07 Å². The molecule has 16 heavy (non-hydrogen) atoms. The highest BCUT2D eigenvalue weighted by atomic mass is 35.5. The van der Waals surface area contributed by atoms with Crippen LogP contribution in [0.4, 0.5) is 8.78 Å². The second-order valence-electron chi connectivity index (χ2n) is 2.82. The van der Waals surface area contributed by atoms with Gasteiger partial charge in [-0.1, -0.05) is 28.8 Å². The predicted octanol–water partition coefficient (Wildman–Crippen LogP) is 3.79. The fourth-order valence-corrected chi connectivity index (χ4v) is 1.29. The minimum absolute atomic E-state index is 0.0568. The average Bonchev–Trinajstić information content (AvgIpc) is 2.26. The van der Waals surface area contributed by atoms with Gasteiger partial charge in [0.05, 0.1) is 11.6 Å². The zero-order valence-electron chi connectivity index (χ0n) is 8.11. The van der Waals surface area contributed by atoms with Crippen molar-refractivity contribution in [2.75, 3.05) is 6.61 Å². The molecular weight excluding hydrogens is 240 g/mol. The van der Waals surface area contributed by atoms with Gasteiger partial charge in [-0.2, -0.15) is 0 Å². The Labute approximate surface area is 95.4 Å². The summed E-state index contributed by atoms with van der Waals surface area (Å²) >= 11 is 5.87. The van der Waals surface area contributed by atoms with Crippen molar-refractivity contribution in [2.45, 2.75) is 13.0 Å². The number of halogens is 3. The monoisotopic (exact) mass is 247 g/mol. The molecule has 0 fully saturated rings. The zero-order chi connectivity index (χ0) is 12.0. The van der Waals surface area contributed by atoms with Gasteiger partial charge in [0.15, 0.2) is 0 Å². The van der Waals surface area contributed by atoms with E-state index in [1.54, 1.807) is 12.1 Å². The molecule has 0 spiro atoms. The molecule has 7 heteroatoms. The van der Waals surface area contributed by atoms with Crippen LogP contribution < -0.4 is 4.74 Å². The largest absolute Gasteiger partial charge is 0.486 e. The molecule has 4 nitrogen and oxygen atoms in total. The van der Waals surface area contributed by atoms with E-state index >= 15 is 0 Å². The van der Waals surface area contributed by atoms with E-state index < -0.39 is 13.0 Å². The molecule has 0 bridgehead atoms. The number of ether oxygens (including phenoxy) is 1. The molecular formula is C9H8ClF2N3O. The summed E-state index contributed by atoms with van der Waals surface area (Å²) < 4.78 is 28.6. The Hall–Kier alpha value is -1.52. The molecule has 0 aliphatic heterocycles. The third kappa shape index (κ3) is 3.56. The molecule has 1 aromatic carbocycles. The van der Waals surface area contributed by atoms with Crippen molar-refractivity contribution in [3.63, 3.8) is 0 Å². The van der Waals surface area contributed by atoms with Crippen LogP contribution in [0.5, 0.6) is 5.75 Å². The molecule has 0 saturated carbocycles. The van der Waals surface area contributed by atoms with E-state index in [0.717, 1.165) is 0 Å². The lowest BCUT2D eigenvalue weighted by Gasteiger charge is -2.09. The topological polar surface area (TPSA) is 58.0 Å². The molecule has 0 aromatic heterocycles. The first-order chi connectivity index (χ1) is 7.65. The Morgan fingerprint density at radius 2 is 2.25 bits per heavy atom. The van der Waals surface area contributed by atoms with Crippen LogP contribution in [0.25, 0.3) is 10.4 Å². The van der Waals surface area contributed by atoms with E-state index in [-0.39, 0.29) is 17.3 Å². The zero-order valence-corrected chi connectivity index (χ0v) is 8.86. The smallest absolute Gasteiger partial charge is 0.272 e. The first-order valence-electron chi connectivity index (χ1n) is 4.34. The van der Waals surface area contributed by atoms with Gasteiger partial charge in [-0.15, -0.1) is 0 Å². The molecule has 1 aromatic rings. The molecule has 0 atom stereocenters. The number of alkyl halides is 2. The van der Waals surface area contributed by atoms with E-state index in [4.69, 9.17) is 21.9 Å². The minimum atomic E-state index is -2.56. The molecule has 86 valence electrons. The van der Waals surface area contributed by atoms with E-state index in [9.17, 15) is 8.78 Å². The maximum absolute atomic E-state index is 11.9. The van der Waals surface area contributed by atoms with Crippen LogP contribution in [-0.2, 0) is 6.54 Å². The normalized spacial score (nSPS) is 10.0. The summed E-state index contributed by atoms with van der Waals surface area (Å²) in [7, 11) is 0. The van der Waals surface area contributed by atoms with Crippen molar-refractivity contribution in [1.29, 1.82) is 0 Å². The highest BCUT2D eigenvalue weighted by molar-refractivity contribution is 6.32. The summed E-state index contributed by atoms with van der Waals surface area (Å²) in [6.07, 6.45) is -2.56. The van der Waals surface area contributed by atoms with Gasteiger partial charge in [-0.3, -0.25) is 0 Å². The first-order valence-corrected chi connectivity index (χ1v) is 4.72. The maximum atomic E-state index is 11.9. The lowest BCUT2D eigenvalue weighted by Crippen LogP contribution is -2.07. The van der Waals surface area contributed by atoms with Gasteiger partial charge in [0.1, 0.15) is 12.4 Å². The summed E-state index contributed by atoms with van der Waals surface area (Å²) in [5.41, 5.74) is 8.68. The first kappa shape index (κ1) is 12.5. The van der Waals surface area contributed by atoms with Crippen LogP contribution in [0.15, 0.2) is 23.3 Å². The third-order valence-electron chi connectivity index (χ3n) is 1.71. The van der Waals surface area contributed by atoms with Crippen LogP contribution in [-0.4, -0.2) is 13.0 Å². The predicted molar refractivity (Wildman–Crippen MR) is 55.8 cm³/mol. The molecule has 0 heterocycles. The van der Waals surface area contributed by atoms with Crippen molar-refractivity contribution in [3.8, 4) is 5.75 Å². The summed E-state index contributed by atoms with van der Waals surface area (Å²) in [4.78, 5) is 2.58. The molecule has 0 amide bonds. The number of hydrogen-bond donors (Lipinski definition) is 0. The Bertz CT molecular complexity index is 408. The highest BCUT2D eigenvalue weighted by Crippen LogP contribution is 2.28. The Kier molecular flexibility index (Phi) is 4.82. The van der Waals surface area contributed by atoms with Crippen molar-refractivity contribution in [1.82, 2.24) is 0 Å². The number of rotatable bonds is 5. The standard InChI is InChI=1S/C9H8ClF2N3O/c10-9-6(4-14-15-13)2-1-3-7(9)16-5-8(11)12/h1-3,8H,4-5H2. The highest BCUT2D eigenvalue weighted by Gasteiger charge is 2.09. The van der Waals surface area contributed by atoms with E-state index in [0.29, 0.717) is 5.56 Å². The van der Waals surface area contributed by atoms with E-state index in [1.807, 2.05) is 0 Å².